The molecule has 4 heteroatoms. The summed E-state index contributed by atoms with van der Waals surface area (Å²) in [5, 5.41) is 2.78. The SMILES string of the molecule is CC[N+](C)(CC)CCOc1ccccc1NC(C)=O. The Kier molecular flexibility index (Phi) is 5.83. The molecule has 0 spiro atoms. The third kappa shape index (κ3) is 4.91. The maximum absolute atomic E-state index is 11.1. The van der Waals surface area contributed by atoms with Gasteiger partial charge in [-0.2, -0.15) is 0 Å². The van der Waals surface area contributed by atoms with E-state index in [2.05, 4.69) is 26.2 Å². The predicted octanol–water partition coefficient (Wildman–Crippen LogP) is 2.51. The molecule has 0 saturated carbocycles. The van der Waals surface area contributed by atoms with Crippen LogP contribution in [0.25, 0.3) is 0 Å². The smallest absolute Gasteiger partial charge is 0.221 e. The number of hydrogen-bond acceptors (Lipinski definition) is 2. The van der Waals surface area contributed by atoms with Crippen LogP contribution in [0.4, 0.5) is 5.69 Å². The summed E-state index contributed by atoms with van der Waals surface area (Å²) in [6.45, 7) is 9.67. The molecule has 106 valence electrons. The third-order valence-electron chi connectivity index (χ3n) is 3.61. The average Bonchev–Trinajstić information content (AvgIpc) is 2.40. The zero-order valence-corrected chi connectivity index (χ0v) is 12.4. The summed E-state index contributed by atoms with van der Waals surface area (Å²) in [5.41, 5.74) is 0.734. The number of quaternary nitrogens is 1. The van der Waals surface area contributed by atoms with Gasteiger partial charge in [-0.1, -0.05) is 12.1 Å². The number of para-hydroxylation sites is 2. The van der Waals surface area contributed by atoms with Crippen LogP contribution in [0.15, 0.2) is 24.3 Å². The van der Waals surface area contributed by atoms with E-state index in [0.29, 0.717) is 6.61 Å². The maximum atomic E-state index is 11.1. The Morgan fingerprint density at radius 3 is 2.47 bits per heavy atom. The van der Waals surface area contributed by atoms with Crippen molar-refractivity contribution in [2.24, 2.45) is 0 Å². The predicted molar refractivity (Wildman–Crippen MR) is 78.4 cm³/mol. The van der Waals surface area contributed by atoms with E-state index in [0.717, 1.165) is 35.6 Å². The van der Waals surface area contributed by atoms with Crippen molar-refractivity contribution < 1.29 is 14.0 Å². The molecule has 1 amide bonds. The van der Waals surface area contributed by atoms with E-state index in [1.54, 1.807) is 0 Å². The highest BCUT2D eigenvalue weighted by Gasteiger charge is 2.16. The normalized spacial score (nSPS) is 11.2. The Hall–Kier alpha value is -1.55. The highest BCUT2D eigenvalue weighted by atomic mass is 16.5. The van der Waals surface area contributed by atoms with E-state index in [4.69, 9.17) is 4.74 Å². The van der Waals surface area contributed by atoms with Crippen LogP contribution in [-0.2, 0) is 4.79 Å². The van der Waals surface area contributed by atoms with Crippen molar-refractivity contribution in [1.82, 2.24) is 0 Å². The number of amides is 1. The Morgan fingerprint density at radius 1 is 1.26 bits per heavy atom. The molecule has 1 aromatic rings. The van der Waals surface area contributed by atoms with E-state index in [1.807, 2.05) is 24.3 Å². The zero-order valence-electron chi connectivity index (χ0n) is 12.4. The summed E-state index contributed by atoms with van der Waals surface area (Å²) >= 11 is 0. The molecule has 0 radical (unpaired) electrons. The van der Waals surface area contributed by atoms with Gasteiger partial charge in [0.2, 0.25) is 5.91 Å². The Labute approximate surface area is 116 Å². The van der Waals surface area contributed by atoms with Gasteiger partial charge in [0, 0.05) is 6.92 Å². The van der Waals surface area contributed by atoms with Crippen molar-refractivity contribution in [3.63, 3.8) is 0 Å². The molecule has 0 aliphatic heterocycles. The minimum atomic E-state index is -0.0845. The molecule has 0 aliphatic rings. The van der Waals surface area contributed by atoms with Crippen molar-refractivity contribution in [3.05, 3.63) is 24.3 Å². The number of nitrogens with zero attached hydrogens (tertiary/aromatic N) is 1. The molecule has 1 aromatic carbocycles. The van der Waals surface area contributed by atoms with Crippen LogP contribution < -0.4 is 10.1 Å². The molecule has 19 heavy (non-hydrogen) atoms. The Morgan fingerprint density at radius 2 is 1.89 bits per heavy atom. The van der Waals surface area contributed by atoms with Crippen LogP contribution in [0.1, 0.15) is 20.8 Å². The Balaban J connectivity index is 2.60. The fraction of sp³-hybridized carbons (Fsp3) is 0.533. The summed E-state index contributed by atoms with van der Waals surface area (Å²) in [7, 11) is 2.23. The van der Waals surface area contributed by atoms with E-state index in [9.17, 15) is 4.79 Å². The lowest BCUT2D eigenvalue weighted by atomic mass is 10.3. The number of likely N-dealkylation sites (N-methyl/N-ethyl adjacent to an activating group) is 1. The zero-order chi connectivity index (χ0) is 14.3. The fourth-order valence-corrected chi connectivity index (χ4v) is 1.80. The summed E-state index contributed by atoms with van der Waals surface area (Å²) < 4.78 is 6.80. The number of rotatable bonds is 7. The minimum Gasteiger partial charge on any atom is -0.486 e. The molecule has 1 rings (SSSR count). The molecule has 0 fully saturated rings. The fourth-order valence-electron chi connectivity index (χ4n) is 1.80. The van der Waals surface area contributed by atoms with Gasteiger partial charge in [-0.3, -0.25) is 4.79 Å². The topological polar surface area (TPSA) is 38.3 Å². The van der Waals surface area contributed by atoms with Crippen LogP contribution >= 0.6 is 0 Å². The maximum Gasteiger partial charge on any atom is 0.221 e. The van der Waals surface area contributed by atoms with Crippen molar-refractivity contribution in [3.8, 4) is 5.75 Å². The van der Waals surface area contributed by atoms with Gasteiger partial charge in [0.1, 0.15) is 18.9 Å². The molecule has 4 nitrogen and oxygen atoms in total. The van der Waals surface area contributed by atoms with Crippen molar-refractivity contribution in [2.45, 2.75) is 20.8 Å². The van der Waals surface area contributed by atoms with Gasteiger partial charge in [-0.15, -0.1) is 0 Å². The first-order valence-electron chi connectivity index (χ1n) is 6.83. The van der Waals surface area contributed by atoms with Gasteiger partial charge in [0.25, 0.3) is 0 Å². The van der Waals surface area contributed by atoms with Crippen LogP contribution in [0, 0.1) is 0 Å². The summed E-state index contributed by atoms with van der Waals surface area (Å²) in [4.78, 5) is 11.1. The quantitative estimate of drug-likeness (QED) is 0.769. The molecule has 0 heterocycles. The number of hydrogen-bond donors (Lipinski definition) is 1. The number of ether oxygens (including phenoxy) is 1. The molecule has 0 unspecified atom stereocenters. The number of carbonyl (C=O) groups is 1. The second-order valence-corrected chi connectivity index (χ2v) is 5.00. The molecular formula is C15H25N2O2+. The van der Waals surface area contributed by atoms with E-state index >= 15 is 0 Å². The average molecular weight is 265 g/mol. The minimum absolute atomic E-state index is 0.0845. The van der Waals surface area contributed by atoms with Crippen LogP contribution in [0.2, 0.25) is 0 Å². The highest BCUT2D eigenvalue weighted by molar-refractivity contribution is 5.90. The largest absolute Gasteiger partial charge is 0.486 e. The molecule has 0 aliphatic carbocycles. The van der Waals surface area contributed by atoms with Gasteiger partial charge in [-0.05, 0) is 26.0 Å². The van der Waals surface area contributed by atoms with Gasteiger partial charge in [0.15, 0.2) is 0 Å². The van der Waals surface area contributed by atoms with Crippen LogP contribution in [0.3, 0.4) is 0 Å². The number of carbonyl (C=O) groups excluding carboxylic acids is 1. The molecular weight excluding hydrogens is 240 g/mol. The number of anilines is 1. The van der Waals surface area contributed by atoms with Crippen molar-refractivity contribution >= 4 is 11.6 Å². The number of benzene rings is 1. The van der Waals surface area contributed by atoms with E-state index in [1.165, 1.54) is 6.92 Å². The van der Waals surface area contributed by atoms with Gasteiger partial charge in [0.05, 0.1) is 25.8 Å². The first-order valence-corrected chi connectivity index (χ1v) is 6.83. The second-order valence-electron chi connectivity index (χ2n) is 5.00. The van der Waals surface area contributed by atoms with Gasteiger partial charge >= 0.3 is 0 Å². The molecule has 0 aromatic heterocycles. The lowest BCUT2D eigenvalue weighted by molar-refractivity contribution is -0.906. The summed E-state index contributed by atoms with van der Waals surface area (Å²) in [6.07, 6.45) is 0. The lowest BCUT2D eigenvalue weighted by Crippen LogP contribution is -2.46. The van der Waals surface area contributed by atoms with Crippen LogP contribution in [-0.4, -0.2) is 43.7 Å². The molecule has 1 N–H and O–H groups in total. The standard InChI is InChI=1S/C15H24N2O2/c1-5-17(4,6-2)11-12-19-15-10-8-7-9-14(15)16-13(3)18/h7-10H,5-6,11-12H2,1-4H3/p+1. The third-order valence-corrected chi connectivity index (χ3v) is 3.61. The van der Waals surface area contributed by atoms with E-state index < -0.39 is 0 Å². The summed E-state index contributed by atoms with van der Waals surface area (Å²) in [6, 6.07) is 7.53. The van der Waals surface area contributed by atoms with Crippen molar-refractivity contribution in [2.75, 3.05) is 38.6 Å². The first-order chi connectivity index (χ1) is 9.00. The van der Waals surface area contributed by atoms with E-state index in [-0.39, 0.29) is 5.91 Å². The monoisotopic (exact) mass is 265 g/mol. The Bertz CT molecular complexity index is 414. The van der Waals surface area contributed by atoms with Gasteiger partial charge in [-0.25, -0.2) is 0 Å². The molecule has 0 atom stereocenters. The summed E-state index contributed by atoms with van der Waals surface area (Å²) in [5.74, 6) is 0.648. The number of nitrogens with one attached hydrogen (secondary N) is 1. The highest BCUT2D eigenvalue weighted by Crippen LogP contribution is 2.23. The first kappa shape index (κ1) is 15.5. The van der Waals surface area contributed by atoms with Gasteiger partial charge < -0.3 is 14.5 Å². The lowest BCUT2D eigenvalue weighted by Gasteiger charge is -2.31. The van der Waals surface area contributed by atoms with Crippen LogP contribution in [0.5, 0.6) is 5.75 Å². The molecule has 0 bridgehead atoms. The second kappa shape index (κ2) is 7.14. The van der Waals surface area contributed by atoms with Crippen molar-refractivity contribution in [1.29, 1.82) is 0 Å². The molecule has 0 saturated heterocycles.